The van der Waals surface area contributed by atoms with Crippen molar-refractivity contribution in [1.82, 2.24) is 0 Å². The summed E-state index contributed by atoms with van der Waals surface area (Å²) in [5, 5.41) is 9.71. The van der Waals surface area contributed by atoms with E-state index < -0.39 is 8.32 Å². The molecule has 0 fully saturated rings. The first-order chi connectivity index (χ1) is 8.14. The molecule has 0 aliphatic rings. The molecule has 1 N–H and O–H groups in total. The van der Waals surface area contributed by atoms with Gasteiger partial charge in [-0.1, -0.05) is 26.8 Å². The molecule has 0 amide bonds. The van der Waals surface area contributed by atoms with Crippen LogP contribution in [0.25, 0.3) is 0 Å². The Morgan fingerprint density at radius 2 is 1.82 bits per heavy atom. The summed E-state index contributed by atoms with van der Waals surface area (Å²) in [6.45, 7) is 10.3. The minimum Gasteiger partial charge on any atom is -0.549 e. The first kappa shape index (κ1) is 16.5. The molecule has 3 heteroatoms. The molecule has 0 aromatic carbocycles. The van der Waals surface area contributed by atoms with E-state index in [-0.39, 0.29) is 6.10 Å². The number of aliphatic hydroxyl groups excluding tert-OH is 1. The Labute approximate surface area is 108 Å². The highest BCUT2D eigenvalue weighted by atomic mass is 28.4. The summed E-state index contributed by atoms with van der Waals surface area (Å²) in [6.07, 6.45) is 7.75. The van der Waals surface area contributed by atoms with Gasteiger partial charge in [-0.05, 0) is 43.5 Å². The van der Waals surface area contributed by atoms with E-state index in [9.17, 15) is 5.11 Å². The van der Waals surface area contributed by atoms with Crippen LogP contribution in [0.4, 0.5) is 0 Å². The molecule has 0 aromatic heterocycles. The molecule has 0 aromatic rings. The number of hydrogen-bond donors (Lipinski definition) is 1. The lowest BCUT2D eigenvalue weighted by atomic mass is 10.1. The number of rotatable bonds is 10. The van der Waals surface area contributed by atoms with Gasteiger partial charge in [0, 0.05) is 0 Å². The van der Waals surface area contributed by atoms with Gasteiger partial charge in [0.25, 0.3) is 0 Å². The summed E-state index contributed by atoms with van der Waals surface area (Å²) in [5.41, 5.74) is 0. The predicted molar refractivity (Wildman–Crippen MR) is 77.5 cm³/mol. The van der Waals surface area contributed by atoms with Crippen molar-refractivity contribution in [2.24, 2.45) is 0 Å². The maximum atomic E-state index is 9.71. The van der Waals surface area contributed by atoms with E-state index in [4.69, 9.17) is 4.43 Å². The quantitative estimate of drug-likeness (QED) is 0.274. The first-order valence-electron chi connectivity index (χ1n) is 6.77. The number of aliphatic hydroxyl groups is 1. The van der Waals surface area contributed by atoms with E-state index in [2.05, 4.69) is 27.4 Å². The topological polar surface area (TPSA) is 29.5 Å². The Morgan fingerprint density at radius 1 is 1.24 bits per heavy atom. The van der Waals surface area contributed by atoms with Crippen LogP contribution in [0.15, 0.2) is 25.0 Å². The molecule has 0 bridgehead atoms. The highest BCUT2D eigenvalue weighted by Gasteiger charge is 2.29. The molecule has 0 spiro atoms. The lowest BCUT2D eigenvalue weighted by Gasteiger charge is -2.26. The zero-order valence-electron chi connectivity index (χ0n) is 11.6. The molecule has 0 aliphatic heterocycles. The maximum absolute atomic E-state index is 9.71. The van der Waals surface area contributed by atoms with Crippen LogP contribution < -0.4 is 0 Å². The van der Waals surface area contributed by atoms with Crippen LogP contribution >= 0.6 is 0 Å². The summed E-state index contributed by atoms with van der Waals surface area (Å²) in [4.78, 5) is 0. The maximum Gasteiger partial charge on any atom is 0.249 e. The Morgan fingerprint density at radius 3 is 2.29 bits per heavy atom. The molecule has 1 atom stereocenters. The predicted octanol–water partition coefficient (Wildman–Crippen LogP) is 4.24. The van der Waals surface area contributed by atoms with Gasteiger partial charge in [-0.2, -0.15) is 0 Å². The summed E-state index contributed by atoms with van der Waals surface area (Å²) < 4.78 is 5.93. The van der Waals surface area contributed by atoms with Crippen molar-refractivity contribution in [3.8, 4) is 0 Å². The van der Waals surface area contributed by atoms with Crippen molar-refractivity contribution < 1.29 is 9.53 Å². The lowest BCUT2D eigenvalue weighted by molar-refractivity contribution is 0.207. The van der Waals surface area contributed by atoms with Crippen molar-refractivity contribution >= 4 is 8.32 Å². The molecule has 0 rings (SSSR count). The van der Waals surface area contributed by atoms with Gasteiger partial charge in [0.1, 0.15) is 0 Å². The zero-order chi connectivity index (χ0) is 13.1. The third-order valence-corrected chi connectivity index (χ3v) is 7.96. The molecule has 0 saturated heterocycles. The summed E-state index contributed by atoms with van der Waals surface area (Å²) in [5.74, 6) is 0. The monoisotopic (exact) mass is 256 g/mol. The smallest absolute Gasteiger partial charge is 0.249 e. The van der Waals surface area contributed by atoms with E-state index in [0.29, 0.717) is 0 Å². The van der Waals surface area contributed by atoms with E-state index >= 15 is 0 Å². The van der Waals surface area contributed by atoms with Gasteiger partial charge in [-0.3, -0.25) is 0 Å². The fourth-order valence-electron chi connectivity index (χ4n) is 1.84. The number of allylic oxidation sites excluding steroid dienone is 1. The average molecular weight is 256 g/mol. The molecular weight excluding hydrogens is 228 g/mol. The molecule has 2 nitrogen and oxygen atoms in total. The Bertz CT molecular complexity index is 214. The number of unbranched alkanes of at least 4 members (excludes halogenated alkanes) is 1. The molecule has 100 valence electrons. The van der Waals surface area contributed by atoms with Gasteiger partial charge >= 0.3 is 0 Å². The summed E-state index contributed by atoms with van der Waals surface area (Å²) in [7, 11) is -1.54. The van der Waals surface area contributed by atoms with Crippen molar-refractivity contribution in [2.45, 2.75) is 64.3 Å². The second-order valence-electron chi connectivity index (χ2n) is 4.48. The minimum atomic E-state index is -1.54. The van der Waals surface area contributed by atoms with Crippen LogP contribution in [-0.4, -0.2) is 19.5 Å². The fraction of sp³-hybridized carbons (Fsp3) is 0.714. The van der Waals surface area contributed by atoms with Crippen molar-refractivity contribution in [1.29, 1.82) is 0 Å². The molecule has 17 heavy (non-hydrogen) atoms. The molecule has 0 heterocycles. The van der Waals surface area contributed by atoms with Crippen molar-refractivity contribution in [3.63, 3.8) is 0 Å². The van der Waals surface area contributed by atoms with Gasteiger partial charge in [0.2, 0.25) is 8.32 Å². The number of hydrogen-bond acceptors (Lipinski definition) is 2. The fourth-order valence-corrected chi connectivity index (χ4v) is 4.21. The van der Waals surface area contributed by atoms with Crippen LogP contribution in [0.2, 0.25) is 18.1 Å². The van der Waals surface area contributed by atoms with Gasteiger partial charge in [-0.25, -0.2) is 0 Å². The van der Waals surface area contributed by atoms with Crippen molar-refractivity contribution in [3.05, 3.63) is 25.0 Å². The third-order valence-electron chi connectivity index (χ3n) is 3.46. The SMILES string of the molecule is C=CCCCC(O)/C=C/O[Si](CC)(CC)CC. The molecule has 0 saturated carbocycles. The Hall–Kier alpha value is -0.543. The second kappa shape index (κ2) is 9.48. The normalized spacial score (nSPS) is 13.9. The van der Waals surface area contributed by atoms with Gasteiger partial charge in [0.05, 0.1) is 12.4 Å². The first-order valence-corrected chi connectivity index (χ1v) is 9.30. The van der Waals surface area contributed by atoms with Crippen LogP contribution in [0.3, 0.4) is 0 Å². The summed E-state index contributed by atoms with van der Waals surface area (Å²) in [6, 6.07) is 3.41. The Balaban J connectivity index is 4.02. The van der Waals surface area contributed by atoms with Crippen molar-refractivity contribution in [2.75, 3.05) is 0 Å². The Kier molecular flexibility index (Phi) is 9.18. The zero-order valence-corrected chi connectivity index (χ0v) is 12.6. The van der Waals surface area contributed by atoms with E-state index in [1.807, 2.05) is 6.08 Å². The van der Waals surface area contributed by atoms with Gasteiger partial charge < -0.3 is 9.53 Å². The van der Waals surface area contributed by atoms with Crippen LogP contribution in [-0.2, 0) is 4.43 Å². The average Bonchev–Trinajstić information content (AvgIpc) is 2.36. The van der Waals surface area contributed by atoms with Gasteiger partial charge in [-0.15, -0.1) is 6.58 Å². The highest BCUT2D eigenvalue weighted by Crippen LogP contribution is 2.21. The summed E-state index contributed by atoms with van der Waals surface area (Å²) >= 11 is 0. The van der Waals surface area contributed by atoms with Gasteiger partial charge in [0.15, 0.2) is 0 Å². The molecule has 1 unspecified atom stereocenters. The molecule has 0 radical (unpaired) electrons. The van der Waals surface area contributed by atoms with Crippen LogP contribution in [0, 0.1) is 0 Å². The van der Waals surface area contributed by atoms with E-state index in [1.165, 1.54) is 0 Å². The minimum absolute atomic E-state index is 0.382. The lowest BCUT2D eigenvalue weighted by Crippen LogP contribution is -2.33. The van der Waals surface area contributed by atoms with Crippen LogP contribution in [0.1, 0.15) is 40.0 Å². The third kappa shape index (κ3) is 6.69. The molecule has 0 aliphatic carbocycles. The molecular formula is C14H28O2Si. The standard InChI is InChI=1S/C14H28O2Si/c1-5-9-10-11-14(15)12-13-16-17(6-2,7-3)8-4/h5,12-15H,1,6-11H2,2-4H3/b13-12+. The largest absolute Gasteiger partial charge is 0.549 e. The second-order valence-corrected chi connectivity index (χ2v) is 9.20. The van der Waals surface area contributed by atoms with E-state index in [1.54, 1.807) is 12.3 Å². The van der Waals surface area contributed by atoms with E-state index in [0.717, 1.165) is 37.4 Å². The van der Waals surface area contributed by atoms with Crippen LogP contribution in [0.5, 0.6) is 0 Å². The highest BCUT2D eigenvalue weighted by molar-refractivity contribution is 6.73.